The van der Waals surface area contributed by atoms with Crippen molar-refractivity contribution in [3.8, 4) is 11.3 Å². The van der Waals surface area contributed by atoms with E-state index < -0.39 is 29.2 Å². The molecule has 27 heavy (non-hydrogen) atoms. The predicted molar refractivity (Wildman–Crippen MR) is 93.6 cm³/mol. The zero-order valence-electron chi connectivity index (χ0n) is 13.8. The summed E-state index contributed by atoms with van der Waals surface area (Å²) in [5, 5.41) is 11.6. The molecular weight excluding hydrogens is 356 g/mol. The number of hydrogen-bond acceptors (Lipinski definition) is 3. The van der Waals surface area contributed by atoms with E-state index in [9.17, 15) is 23.5 Å². The smallest absolute Gasteiger partial charge is 0.352 e. The summed E-state index contributed by atoms with van der Waals surface area (Å²) in [4.78, 5) is 23.5. The summed E-state index contributed by atoms with van der Waals surface area (Å²) in [5.41, 5.74) is -0.240. The van der Waals surface area contributed by atoms with Crippen LogP contribution < -0.4 is 5.32 Å². The van der Waals surface area contributed by atoms with Gasteiger partial charge in [0, 0.05) is 11.6 Å². The van der Waals surface area contributed by atoms with Gasteiger partial charge in [0.05, 0.1) is 5.56 Å². The van der Waals surface area contributed by atoms with Crippen molar-refractivity contribution in [2.24, 2.45) is 0 Å². The highest BCUT2D eigenvalue weighted by atomic mass is 19.2. The first-order valence-corrected chi connectivity index (χ1v) is 7.81. The highest BCUT2D eigenvalue weighted by Gasteiger charge is 2.16. The standard InChI is InChI=1S/C20H13F2NO4/c21-15-8-4-7-14(18(15)22)17-10-9-13(27-17)11-16(20(25)26)23-19(24)12-5-2-1-3-6-12/h1-11H,(H,23,24)(H,25,26). The second kappa shape index (κ2) is 7.65. The molecule has 3 rings (SSSR count). The molecule has 2 N–H and O–H groups in total. The lowest BCUT2D eigenvalue weighted by Crippen LogP contribution is -2.27. The molecule has 0 fully saturated rings. The molecule has 0 atom stereocenters. The molecular formula is C20H13F2NO4. The summed E-state index contributed by atoms with van der Waals surface area (Å²) in [6, 6.07) is 14.5. The van der Waals surface area contributed by atoms with E-state index in [0.717, 1.165) is 12.1 Å². The molecule has 0 bridgehead atoms. The van der Waals surface area contributed by atoms with Gasteiger partial charge >= 0.3 is 5.97 Å². The minimum Gasteiger partial charge on any atom is -0.477 e. The van der Waals surface area contributed by atoms with Gasteiger partial charge in [-0.2, -0.15) is 0 Å². The maximum atomic E-state index is 13.8. The fraction of sp³-hybridized carbons (Fsp3) is 0. The van der Waals surface area contributed by atoms with Crippen LogP contribution >= 0.6 is 0 Å². The number of halogens is 2. The lowest BCUT2D eigenvalue weighted by atomic mass is 10.1. The van der Waals surface area contributed by atoms with E-state index in [1.165, 1.54) is 36.4 Å². The number of hydrogen-bond donors (Lipinski definition) is 2. The molecule has 0 aliphatic heterocycles. The first kappa shape index (κ1) is 18.1. The summed E-state index contributed by atoms with van der Waals surface area (Å²) in [6.07, 6.45) is 1.09. The van der Waals surface area contributed by atoms with Gasteiger partial charge in [0.2, 0.25) is 0 Å². The number of rotatable bonds is 5. The summed E-state index contributed by atoms with van der Waals surface area (Å²) < 4.78 is 32.6. The quantitative estimate of drug-likeness (QED) is 0.664. The molecule has 0 aliphatic carbocycles. The third kappa shape index (κ3) is 4.09. The van der Waals surface area contributed by atoms with Crippen molar-refractivity contribution < 1.29 is 27.9 Å². The van der Waals surface area contributed by atoms with Gasteiger partial charge in [-0.1, -0.05) is 24.3 Å². The predicted octanol–water partition coefficient (Wildman–Crippen LogP) is 4.08. The van der Waals surface area contributed by atoms with Gasteiger partial charge in [0.15, 0.2) is 11.6 Å². The van der Waals surface area contributed by atoms with Crippen molar-refractivity contribution in [2.45, 2.75) is 0 Å². The van der Waals surface area contributed by atoms with Crippen molar-refractivity contribution in [2.75, 3.05) is 0 Å². The average molecular weight is 369 g/mol. The lowest BCUT2D eigenvalue weighted by Gasteiger charge is -2.05. The van der Waals surface area contributed by atoms with Gasteiger partial charge in [0.1, 0.15) is 17.2 Å². The van der Waals surface area contributed by atoms with Crippen LogP contribution in [0.25, 0.3) is 17.4 Å². The van der Waals surface area contributed by atoms with E-state index in [2.05, 4.69) is 5.32 Å². The molecule has 0 spiro atoms. The Hall–Kier alpha value is -3.74. The number of benzene rings is 2. The van der Waals surface area contributed by atoms with Crippen LogP contribution in [0.2, 0.25) is 0 Å². The van der Waals surface area contributed by atoms with Crippen molar-refractivity contribution >= 4 is 18.0 Å². The van der Waals surface area contributed by atoms with Gasteiger partial charge in [0.25, 0.3) is 5.91 Å². The van der Waals surface area contributed by atoms with Gasteiger partial charge in [-0.3, -0.25) is 4.79 Å². The Labute approximate surface area is 152 Å². The fourth-order valence-corrected chi connectivity index (χ4v) is 2.35. The van der Waals surface area contributed by atoms with E-state index in [1.54, 1.807) is 18.2 Å². The number of carboxylic acid groups (broad SMARTS) is 1. The maximum Gasteiger partial charge on any atom is 0.352 e. The van der Waals surface area contributed by atoms with Crippen LogP contribution in [-0.2, 0) is 4.79 Å². The van der Waals surface area contributed by atoms with Crippen LogP contribution in [0.1, 0.15) is 16.1 Å². The van der Waals surface area contributed by atoms with Crippen LogP contribution in [0.3, 0.4) is 0 Å². The first-order chi connectivity index (χ1) is 13.0. The molecule has 0 saturated carbocycles. The molecule has 2 aromatic carbocycles. The molecule has 1 aromatic heterocycles. The van der Waals surface area contributed by atoms with Gasteiger partial charge < -0.3 is 14.8 Å². The third-order valence-corrected chi connectivity index (χ3v) is 3.65. The highest BCUT2D eigenvalue weighted by molar-refractivity contribution is 6.02. The molecule has 136 valence electrons. The molecule has 7 heteroatoms. The van der Waals surface area contributed by atoms with E-state index in [1.807, 2.05) is 0 Å². The number of nitrogens with one attached hydrogen (secondary N) is 1. The van der Waals surface area contributed by atoms with Crippen LogP contribution in [0.15, 0.2) is 70.8 Å². The number of carbonyl (C=O) groups excluding carboxylic acids is 1. The molecule has 0 saturated heterocycles. The summed E-state index contributed by atoms with van der Waals surface area (Å²) >= 11 is 0. The molecule has 0 radical (unpaired) electrons. The Bertz CT molecular complexity index is 1030. The Kier molecular flexibility index (Phi) is 5.12. The zero-order chi connectivity index (χ0) is 19.4. The van der Waals surface area contributed by atoms with Crippen molar-refractivity contribution in [1.82, 2.24) is 5.32 Å². The number of carbonyl (C=O) groups is 2. The van der Waals surface area contributed by atoms with Crippen molar-refractivity contribution in [1.29, 1.82) is 0 Å². The Morgan fingerprint density at radius 3 is 2.41 bits per heavy atom. The molecule has 0 unspecified atom stereocenters. The van der Waals surface area contributed by atoms with E-state index in [0.29, 0.717) is 0 Å². The minimum absolute atomic E-state index is 0.0253. The van der Waals surface area contributed by atoms with Crippen LogP contribution in [0.5, 0.6) is 0 Å². The van der Waals surface area contributed by atoms with Gasteiger partial charge in [-0.25, -0.2) is 13.6 Å². The molecule has 1 heterocycles. The Morgan fingerprint density at radius 2 is 1.70 bits per heavy atom. The SMILES string of the molecule is O=C(O)C(=Cc1ccc(-c2cccc(F)c2F)o1)NC(=O)c1ccccc1. The maximum absolute atomic E-state index is 13.8. The minimum atomic E-state index is -1.38. The van der Waals surface area contributed by atoms with Gasteiger partial charge in [-0.15, -0.1) is 0 Å². The van der Waals surface area contributed by atoms with Crippen LogP contribution in [0.4, 0.5) is 8.78 Å². The molecule has 5 nitrogen and oxygen atoms in total. The van der Waals surface area contributed by atoms with Gasteiger partial charge in [-0.05, 0) is 36.4 Å². The van der Waals surface area contributed by atoms with Crippen molar-refractivity contribution in [3.05, 3.63) is 89.3 Å². The molecule has 1 amide bonds. The summed E-state index contributed by atoms with van der Waals surface area (Å²) in [7, 11) is 0. The molecule has 3 aromatic rings. The normalized spacial score (nSPS) is 11.3. The van der Waals surface area contributed by atoms with E-state index in [-0.39, 0.29) is 22.6 Å². The number of carboxylic acids is 1. The third-order valence-electron chi connectivity index (χ3n) is 3.65. The van der Waals surface area contributed by atoms with Crippen LogP contribution in [-0.4, -0.2) is 17.0 Å². The van der Waals surface area contributed by atoms with E-state index >= 15 is 0 Å². The van der Waals surface area contributed by atoms with Crippen LogP contribution in [0, 0.1) is 11.6 Å². The topological polar surface area (TPSA) is 79.5 Å². The molecule has 0 aliphatic rings. The lowest BCUT2D eigenvalue weighted by molar-refractivity contribution is -0.132. The van der Waals surface area contributed by atoms with Crippen molar-refractivity contribution in [3.63, 3.8) is 0 Å². The zero-order valence-corrected chi connectivity index (χ0v) is 13.8. The summed E-state index contributed by atoms with van der Waals surface area (Å²) in [5.74, 6) is -4.00. The largest absolute Gasteiger partial charge is 0.477 e. The highest BCUT2D eigenvalue weighted by Crippen LogP contribution is 2.27. The number of furan rings is 1. The number of amides is 1. The van der Waals surface area contributed by atoms with E-state index in [4.69, 9.17) is 4.42 Å². The Morgan fingerprint density at radius 1 is 0.963 bits per heavy atom. The first-order valence-electron chi connectivity index (χ1n) is 7.81. The summed E-state index contributed by atoms with van der Waals surface area (Å²) in [6.45, 7) is 0. The second-order valence-corrected chi connectivity index (χ2v) is 5.49. The number of aliphatic carboxylic acids is 1. The second-order valence-electron chi connectivity index (χ2n) is 5.49. The Balaban J connectivity index is 1.87. The average Bonchev–Trinajstić information content (AvgIpc) is 3.12. The monoisotopic (exact) mass is 369 g/mol. The fourth-order valence-electron chi connectivity index (χ4n) is 2.35.